The van der Waals surface area contributed by atoms with Crippen LogP contribution in [0.15, 0.2) is 18.2 Å². The Balaban J connectivity index is 3.13. The fraction of sp³-hybridized carbons (Fsp3) is 0.0909. The number of carbonyl (C=O) groups excluding carboxylic acids is 2. The van der Waals surface area contributed by atoms with Crippen molar-refractivity contribution in [3.8, 4) is 5.75 Å². The molecule has 0 radical (unpaired) electrons. The van der Waals surface area contributed by atoms with Crippen LogP contribution < -0.4 is 0 Å². The molecule has 0 fully saturated rings. The number of hydrogen-bond acceptors (Lipinski definition) is 4. The van der Waals surface area contributed by atoms with Gasteiger partial charge in [0.1, 0.15) is 5.75 Å². The lowest BCUT2D eigenvalue weighted by Crippen LogP contribution is -1.93. The molecule has 0 aliphatic carbocycles. The SMILES string of the molecule is COC(=O)C=Cc1cc(Cl)cc(C=O)c1O. The first kappa shape index (κ1) is 12.3. The molecule has 0 atom stereocenters. The van der Waals surface area contributed by atoms with E-state index >= 15 is 0 Å². The largest absolute Gasteiger partial charge is 0.507 e. The predicted molar refractivity (Wildman–Crippen MR) is 59.6 cm³/mol. The van der Waals surface area contributed by atoms with Crippen LogP contribution >= 0.6 is 11.6 Å². The number of hydrogen-bond donors (Lipinski definition) is 1. The molecule has 0 spiro atoms. The third kappa shape index (κ3) is 2.84. The van der Waals surface area contributed by atoms with E-state index in [4.69, 9.17) is 11.6 Å². The van der Waals surface area contributed by atoms with E-state index in [1.165, 1.54) is 25.3 Å². The molecule has 0 saturated carbocycles. The van der Waals surface area contributed by atoms with Crippen LogP contribution in [0.5, 0.6) is 5.75 Å². The summed E-state index contributed by atoms with van der Waals surface area (Å²) in [5.41, 5.74) is 0.344. The van der Waals surface area contributed by atoms with Crippen LogP contribution in [0.2, 0.25) is 5.02 Å². The molecule has 0 amide bonds. The third-order valence-electron chi connectivity index (χ3n) is 1.86. The van der Waals surface area contributed by atoms with Crippen molar-refractivity contribution < 1.29 is 19.4 Å². The lowest BCUT2D eigenvalue weighted by Gasteiger charge is -2.02. The van der Waals surface area contributed by atoms with Crippen molar-refractivity contribution >= 4 is 29.9 Å². The van der Waals surface area contributed by atoms with E-state index in [9.17, 15) is 14.7 Å². The van der Waals surface area contributed by atoms with Crippen LogP contribution in [0.4, 0.5) is 0 Å². The molecule has 0 aliphatic heterocycles. The van der Waals surface area contributed by atoms with E-state index in [0.29, 0.717) is 11.3 Å². The van der Waals surface area contributed by atoms with Gasteiger partial charge in [-0.05, 0) is 18.2 Å². The van der Waals surface area contributed by atoms with Crippen LogP contribution in [0.1, 0.15) is 15.9 Å². The first-order valence-electron chi connectivity index (χ1n) is 4.32. The van der Waals surface area contributed by atoms with Crippen LogP contribution in [0.25, 0.3) is 6.08 Å². The van der Waals surface area contributed by atoms with Gasteiger partial charge in [0.25, 0.3) is 0 Å². The number of ether oxygens (including phenoxy) is 1. The van der Waals surface area contributed by atoms with Crippen molar-refractivity contribution in [2.45, 2.75) is 0 Å². The van der Waals surface area contributed by atoms with E-state index in [1.54, 1.807) is 0 Å². The second-order valence-corrected chi connectivity index (χ2v) is 3.34. The molecule has 0 saturated heterocycles. The summed E-state index contributed by atoms with van der Waals surface area (Å²) < 4.78 is 4.39. The number of phenols is 1. The Hall–Kier alpha value is -1.81. The Morgan fingerprint density at radius 1 is 1.44 bits per heavy atom. The second kappa shape index (κ2) is 5.32. The Morgan fingerprint density at radius 2 is 2.06 bits per heavy atom. The molecule has 5 heteroatoms. The van der Waals surface area contributed by atoms with Gasteiger partial charge in [0, 0.05) is 16.7 Å². The second-order valence-electron chi connectivity index (χ2n) is 2.91. The van der Waals surface area contributed by atoms with Crippen molar-refractivity contribution in [2.75, 3.05) is 7.11 Å². The molecule has 0 bridgehead atoms. The fourth-order valence-corrected chi connectivity index (χ4v) is 1.32. The van der Waals surface area contributed by atoms with Gasteiger partial charge in [-0.1, -0.05) is 11.6 Å². The van der Waals surface area contributed by atoms with E-state index < -0.39 is 5.97 Å². The molecule has 1 aromatic carbocycles. The van der Waals surface area contributed by atoms with Crippen LogP contribution in [0, 0.1) is 0 Å². The van der Waals surface area contributed by atoms with Crippen LogP contribution in [-0.2, 0) is 9.53 Å². The van der Waals surface area contributed by atoms with Gasteiger partial charge < -0.3 is 9.84 Å². The number of esters is 1. The molecule has 1 rings (SSSR count). The lowest BCUT2D eigenvalue weighted by atomic mass is 10.1. The van der Waals surface area contributed by atoms with Gasteiger partial charge in [-0.2, -0.15) is 0 Å². The Labute approximate surface area is 97.1 Å². The quantitative estimate of drug-likeness (QED) is 0.499. The van der Waals surface area contributed by atoms with E-state index in [-0.39, 0.29) is 16.9 Å². The highest BCUT2D eigenvalue weighted by Gasteiger charge is 2.07. The van der Waals surface area contributed by atoms with Gasteiger partial charge in [-0.3, -0.25) is 4.79 Å². The molecule has 0 heterocycles. The highest BCUT2D eigenvalue weighted by atomic mass is 35.5. The number of aromatic hydroxyl groups is 1. The molecule has 16 heavy (non-hydrogen) atoms. The summed E-state index contributed by atoms with van der Waals surface area (Å²) in [5, 5.41) is 9.90. The summed E-state index contributed by atoms with van der Waals surface area (Å²) in [6.07, 6.45) is 2.93. The van der Waals surface area contributed by atoms with Crippen molar-refractivity contribution in [3.63, 3.8) is 0 Å². The minimum absolute atomic E-state index is 0.0667. The number of aldehydes is 1. The highest BCUT2D eigenvalue weighted by molar-refractivity contribution is 6.31. The maximum absolute atomic E-state index is 10.8. The first-order chi connectivity index (χ1) is 7.58. The van der Waals surface area contributed by atoms with Crippen molar-refractivity contribution in [1.82, 2.24) is 0 Å². The molecule has 0 aliphatic rings. The van der Waals surface area contributed by atoms with Crippen LogP contribution in [-0.4, -0.2) is 24.5 Å². The van der Waals surface area contributed by atoms with Crippen LogP contribution in [0.3, 0.4) is 0 Å². The summed E-state index contributed by atoms with van der Waals surface area (Å²) in [6.45, 7) is 0. The number of benzene rings is 1. The number of phenolic OH excluding ortho intramolecular Hbond substituents is 1. The zero-order valence-corrected chi connectivity index (χ0v) is 9.19. The standard InChI is InChI=1S/C11H9ClO4/c1-16-10(14)3-2-7-4-9(12)5-8(6-13)11(7)15/h2-6,15H,1H3. The normalized spacial score (nSPS) is 10.4. The summed E-state index contributed by atoms with van der Waals surface area (Å²) in [7, 11) is 1.24. The molecule has 1 N–H and O–H groups in total. The first-order valence-corrected chi connectivity index (χ1v) is 4.70. The molecule has 1 aromatic rings. The number of methoxy groups -OCH3 is 1. The molecule has 4 nitrogen and oxygen atoms in total. The molecule has 0 unspecified atom stereocenters. The average molecular weight is 241 g/mol. The third-order valence-corrected chi connectivity index (χ3v) is 2.08. The van der Waals surface area contributed by atoms with Gasteiger partial charge in [-0.25, -0.2) is 4.79 Å². The van der Waals surface area contributed by atoms with E-state index in [2.05, 4.69) is 4.74 Å². The minimum atomic E-state index is -0.563. The number of carbonyl (C=O) groups is 2. The summed E-state index contributed by atoms with van der Waals surface area (Å²) in [4.78, 5) is 21.4. The van der Waals surface area contributed by atoms with Crippen molar-refractivity contribution in [3.05, 3.63) is 34.4 Å². The minimum Gasteiger partial charge on any atom is -0.507 e. The van der Waals surface area contributed by atoms with Gasteiger partial charge in [-0.15, -0.1) is 0 Å². The molecular weight excluding hydrogens is 232 g/mol. The van der Waals surface area contributed by atoms with Crippen molar-refractivity contribution in [1.29, 1.82) is 0 Å². The predicted octanol–water partition coefficient (Wildman–Crippen LogP) is 2.04. The maximum atomic E-state index is 10.8. The maximum Gasteiger partial charge on any atom is 0.330 e. The Bertz CT molecular complexity index is 452. The smallest absolute Gasteiger partial charge is 0.330 e. The van der Waals surface area contributed by atoms with Gasteiger partial charge in [0.15, 0.2) is 6.29 Å². The Morgan fingerprint density at radius 3 is 2.62 bits per heavy atom. The van der Waals surface area contributed by atoms with Gasteiger partial charge in [0.2, 0.25) is 0 Å². The lowest BCUT2D eigenvalue weighted by molar-refractivity contribution is -0.134. The number of rotatable bonds is 3. The molecule has 0 aromatic heterocycles. The summed E-state index contributed by atoms with van der Waals surface area (Å²) in [6, 6.07) is 2.77. The molecular formula is C11H9ClO4. The highest BCUT2D eigenvalue weighted by Crippen LogP contribution is 2.26. The van der Waals surface area contributed by atoms with Crippen molar-refractivity contribution in [2.24, 2.45) is 0 Å². The van der Waals surface area contributed by atoms with Gasteiger partial charge in [0.05, 0.1) is 12.7 Å². The summed E-state index contributed by atoms with van der Waals surface area (Å²) >= 11 is 5.73. The van der Waals surface area contributed by atoms with E-state index in [1.807, 2.05) is 0 Å². The zero-order chi connectivity index (χ0) is 12.1. The average Bonchev–Trinajstić information content (AvgIpc) is 2.29. The topological polar surface area (TPSA) is 63.6 Å². The fourth-order valence-electron chi connectivity index (χ4n) is 1.08. The zero-order valence-electron chi connectivity index (χ0n) is 8.44. The monoisotopic (exact) mass is 240 g/mol. The molecule has 84 valence electrons. The van der Waals surface area contributed by atoms with Gasteiger partial charge >= 0.3 is 5.97 Å². The van der Waals surface area contributed by atoms with E-state index in [0.717, 1.165) is 6.08 Å². The summed E-state index contributed by atoms with van der Waals surface area (Å²) in [5.74, 6) is -0.786. The number of halogens is 1. The Kier molecular flexibility index (Phi) is 4.08.